The van der Waals surface area contributed by atoms with Crippen LogP contribution in [0.2, 0.25) is 0 Å². The summed E-state index contributed by atoms with van der Waals surface area (Å²) in [5.41, 5.74) is 5.39. The minimum absolute atomic E-state index is 0.709. The van der Waals surface area contributed by atoms with Crippen LogP contribution in [0.25, 0.3) is 0 Å². The van der Waals surface area contributed by atoms with E-state index in [1.54, 1.807) is 6.20 Å². The number of hydrazine groups is 2. The first-order valence-corrected chi connectivity index (χ1v) is 2.28. The van der Waals surface area contributed by atoms with Gasteiger partial charge >= 0.3 is 0 Å². The van der Waals surface area contributed by atoms with E-state index in [2.05, 4.69) is 10.9 Å². The lowest BCUT2D eigenvalue weighted by Gasteiger charge is -2.17. The highest BCUT2D eigenvalue weighted by Crippen LogP contribution is 1.78. The van der Waals surface area contributed by atoms with Crippen LogP contribution < -0.4 is 10.9 Å². The molecule has 4 heteroatoms. The summed E-state index contributed by atoms with van der Waals surface area (Å²) in [4.78, 5) is 0. The second kappa shape index (κ2) is 2.19. The topological polar surface area (TPSA) is 51.1 Å². The molecule has 0 atom stereocenters. The van der Waals surface area contributed by atoms with Crippen LogP contribution in [0.1, 0.15) is 0 Å². The van der Waals surface area contributed by atoms with E-state index in [0.29, 0.717) is 6.54 Å². The molecule has 4 nitrogen and oxygen atoms in total. The summed E-state index contributed by atoms with van der Waals surface area (Å²) in [5.74, 6) is 0. The predicted molar refractivity (Wildman–Crippen MR) is 27.7 cm³/mol. The quantitative estimate of drug-likeness (QED) is 0.405. The first-order valence-electron chi connectivity index (χ1n) is 2.28. The summed E-state index contributed by atoms with van der Waals surface area (Å²) in [5, 5.41) is 9.44. The van der Waals surface area contributed by atoms with Crippen molar-refractivity contribution >= 4 is 0 Å². The lowest BCUT2D eigenvalue weighted by Crippen LogP contribution is -2.44. The fraction of sp³-hybridized carbons (Fsp3) is 0.250. The van der Waals surface area contributed by atoms with Crippen LogP contribution in [-0.4, -0.2) is 11.7 Å². The number of hydrogen-bond donors (Lipinski definition) is 2. The van der Waals surface area contributed by atoms with Crippen molar-refractivity contribution in [3.8, 4) is 6.19 Å². The van der Waals surface area contributed by atoms with Gasteiger partial charge in [0.1, 0.15) is 0 Å². The Balaban J connectivity index is 2.41. The lowest BCUT2D eigenvalue weighted by molar-refractivity contribution is 0.232. The second-order valence-electron chi connectivity index (χ2n) is 1.33. The van der Waals surface area contributed by atoms with Crippen LogP contribution in [0, 0.1) is 11.5 Å². The summed E-state index contributed by atoms with van der Waals surface area (Å²) in [7, 11) is 0. The van der Waals surface area contributed by atoms with Gasteiger partial charge in [0, 0.05) is 12.7 Å². The minimum Gasteiger partial charge on any atom is -0.282 e. The molecule has 0 aromatic heterocycles. The van der Waals surface area contributed by atoms with Gasteiger partial charge in [-0.25, -0.2) is 5.43 Å². The molecule has 0 saturated heterocycles. The molecule has 0 amide bonds. The summed E-state index contributed by atoms with van der Waals surface area (Å²) >= 11 is 0. The SMILES string of the molecule is N#CN1NC=CCN1. The van der Waals surface area contributed by atoms with Gasteiger partial charge in [0.25, 0.3) is 0 Å². The first-order chi connectivity index (χ1) is 3.93. The van der Waals surface area contributed by atoms with Crippen LogP contribution in [0.15, 0.2) is 12.3 Å². The molecular weight excluding hydrogens is 104 g/mol. The highest BCUT2D eigenvalue weighted by atomic mass is 15.7. The van der Waals surface area contributed by atoms with Crippen LogP contribution in [-0.2, 0) is 0 Å². The molecule has 0 fully saturated rings. The van der Waals surface area contributed by atoms with Crippen molar-refractivity contribution < 1.29 is 0 Å². The molecular formula is C4H6N4. The smallest absolute Gasteiger partial charge is 0.216 e. The Morgan fingerprint density at radius 3 is 3.00 bits per heavy atom. The van der Waals surface area contributed by atoms with Crippen molar-refractivity contribution in [1.29, 1.82) is 5.26 Å². The maximum atomic E-state index is 8.21. The van der Waals surface area contributed by atoms with E-state index in [9.17, 15) is 0 Å². The molecule has 0 spiro atoms. The molecule has 0 aromatic rings. The highest BCUT2D eigenvalue weighted by Gasteiger charge is 1.96. The molecule has 2 N–H and O–H groups in total. The molecule has 0 aromatic carbocycles. The highest BCUT2D eigenvalue weighted by molar-refractivity contribution is 4.86. The van der Waals surface area contributed by atoms with Crippen molar-refractivity contribution in [2.24, 2.45) is 0 Å². The lowest BCUT2D eigenvalue weighted by atomic mass is 10.6. The summed E-state index contributed by atoms with van der Waals surface area (Å²) in [6.07, 6.45) is 5.45. The van der Waals surface area contributed by atoms with Gasteiger partial charge in [-0.05, 0) is 0 Å². The normalized spacial score (nSPS) is 17.1. The van der Waals surface area contributed by atoms with E-state index >= 15 is 0 Å². The Bertz CT molecular complexity index is 133. The monoisotopic (exact) mass is 110 g/mol. The number of nitrogens with one attached hydrogen (secondary N) is 2. The molecule has 42 valence electrons. The van der Waals surface area contributed by atoms with Gasteiger partial charge in [0.15, 0.2) is 0 Å². The van der Waals surface area contributed by atoms with Crippen molar-refractivity contribution in [2.45, 2.75) is 0 Å². The molecule has 8 heavy (non-hydrogen) atoms. The molecule has 0 radical (unpaired) electrons. The molecule has 1 heterocycles. The Morgan fingerprint density at radius 2 is 2.62 bits per heavy atom. The molecule has 0 saturated carbocycles. The average Bonchev–Trinajstić information content (AvgIpc) is 1.90. The first kappa shape index (κ1) is 4.94. The van der Waals surface area contributed by atoms with Gasteiger partial charge in [-0.2, -0.15) is 5.26 Å². The number of nitriles is 1. The Labute approximate surface area is 47.3 Å². The van der Waals surface area contributed by atoms with E-state index in [4.69, 9.17) is 5.26 Å². The van der Waals surface area contributed by atoms with Gasteiger partial charge in [-0.3, -0.25) is 5.43 Å². The van der Waals surface area contributed by atoms with Gasteiger partial charge < -0.3 is 0 Å². The molecule has 0 unspecified atom stereocenters. The standard InChI is InChI=1S/C4H6N4/c5-4-8-6-2-1-3-7-8/h1-2,6-7H,3H2. The summed E-state index contributed by atoms with van der Waals surface area (Å²) in [6, 6.07) is 0. The van der Waals surface area contributed by atoms with Crippen molar-refractivity contribution in [1.82, 2.24) is 16.0 Å². The third-order valence-corrected chi connectivity index (χ3v) is 0.789. The maximum absolute atomic E-state index is 8.21. The van der Waals surface area contributed by atoms with Crippen LogP contribution in [0.5, 0.6) is 0 Å². The third-order valence-electron chi connectivity index (χ3n) is 0.789. The summed E-state index contributed by atoms with van der Waals surface area (Å²) in [6.45, 7) is 0.709. The van der Waals surface area contributed by atoms with Crippen molar-refractivity contribution in [2.75, 3.05) is 6.54 Å². The summed E-state index contributed by atoms with van der Waals surface area (Å²) < 4.78 is 0. The second-order valence-corrected chi connectivity index (χ2v) is 1.33. The number of hydrogen-bond acceptors (Lipinski definition) is 4. The molecule has 1 aliphatic rings. The maximum Gasteiger partial charge on any atom is 0.216 e. The average molecular weight is 110 g/mol. The molecule has 1 aliphatic heterocycles. The fourth-order valence-electron chi connectivity index (χ4n) is 0.440. The zero-order chi connectivity index (χ0) is 5.82. The Kier molecular flexibility index (Phi) is 1.35. The van der Waals surface area contributed by atoms with E-state index < -0.39 is 0 Å². The van der Waals surface area contributed by atoms with Gasteiger partial charge in [-0.15, -0.1) is 5.12 Å². The van der Waals surface area contributed by atoms with Crippen LogP contribution >= 0.6 is 0 Å². The largest absolute Gasteiger partial charge is 0.282 e. The van der Waals surface area contributed by atoms with Gasteiger partial charge in [-0.1, -0.05) is 6.08 Å². The van der Waals surface area contributed by atoms with Gasteiger partial charge in [0.2, 0.25) is 6.19 Å². The third kappa shape index (κ3) is 0.891. The Hall–Kier alpha value is -1.21. The zero-order valence-electron chi connectivity index (χ0n) is 4.26. The molecule has 1 rings (SSSR count). The number of nitrogens with zero attached hydrogens (tertiary/aromatic N) is 2. The van der Waals surface area contributed by atoms with E-state index in [0.717, 1.165) is 0 Å². The van der Waals surface area contributed by atoms with Crippen molar-refractivity contribution in [3.05, 3.63) is 12.3 Å². The number of rotatable bonds is 0. The fourth-order valence-corrected chi connectivity index (χ4v) is 0.440. The van der Waals surface area contributed by atoms with Crippen LogP contribution in [0.3, 0.4) is 0 Å². The van der Waals surface area contributed by atoms with E-state index in [1.165, 1.54) is 5.12 Å². The Morgan fingerprint density at radius 1 is 1.75 bits per heavy atom. The molecule has 0 aliphatic carbocycles. The van der Waals surface area contributed by atoms with Crippen LogP contribution in [0.4, 0.5) is 0 Å². The van der Waals surface area contributed by atoms with Gasteiger partial charge in [0.05, 0.1) is 0 Å². The predicted octanol–water partition coefficient (Wildman–Crippen LogP) is -0.694. The van der Waals surface area contributed by atoms with E-state index in [1.807, 2.05) is 12.3 Å². The van der Waals surface area contributed by atoms with E-state index in [-0.39, 0.29) is 0 Å². The molecule has 0 bridgehead atoms. The minimum atomic E-state index is 0.709. The van der Waals surface area contributed by atoms with Crippen molar-refractivity contribution in [3.63, 3.8) is 0 Å². The zero-order valence-corrected chi connectivity index (χ0v) is 4.26.